The maximum absolute atomic E-state index is 12.8. The van der Waals surface area contributed by atoms with Crippen molar-refractivity contribution in [1.82, 2.24) is 0 Å². The van der Waals surface area contributed by atoms with Gasteiger partial charge in [0.25, 0.3) is 0 Å². The average Bonchev–Trinajstić information content (AvgIpc) is 2.52. The van der Waals surface area contributed by atoms with Gasteiger partial charge in [-0.05, 0) is 43.9 Å². The van der Waals surface area contributed by atoms with Gasteiger partial charge >= 0.3 is 11.9 Å². The second-order valence-corrected chi connectivity index (χ2v) is 7.57. The molecule has 0 heterocycles. The second-order valence-electron chi connectivity index (χ2n) is 7.57. The van der Waals surface area contributed by atoms with Crippen LogP contribution in [0.5, 0.6) is 0 Å². The first-order valence-corrected chi connectivity index (χ1v) is 9.64. The second kappa shape index (κ2) is 12.3. The zero-order valence-electron chi connectivity index (χ0n) is 16.7. The summed E-state index contributed by atoms with van der Waals surface area (Å²) in [5.74, 6) is 0.184. The first-order valence-electron chi connectivity index (χ1n) is 9.64. The lowest BCUT2D eigenvalue weighted by atomic mass is 9.76. The Morgan fingerprint density at radius 2 is 1.25 bits per heavy atom. The number of rotatable bonds is 13. The van der Waals surface area contributed by atoms with Crippen molar-refractivity contribution in [3.8, 4) is 0 Å². The fourth-order valence-corrected chi connectivity index (χ4v) is 2.63. The molecule has 24 heavy (non-hydrogen) atoms. The third-order valence-electron chi connectivity index (χ3n) is 4.19. The predicted molar refractivity (Wildman–Crippen MR) is 97.7 cm³/mol. The standard InChI is InChI=1S/C20H38O4/c1-7-14-23-18(21)20(13-11-17(5)6,12-9-10-16(3)4)19(22)24-15-8-2/h16-17H,7-15H2,1-6H3. The molecule has 0 aromatic rings. The van der Waals surface area contributed by atoms with E-state index in [9.17, 15) is 9.59 Å². The van der Waals surface area contributed by atoms with Gasteiger partial charge in [-0.3, -0.25) is 9.59 Å². The van der Waals surface area contributed by atoms with Crippen molar-refractivity contribution in [1.29, 1.82) is 0 Å². The van der Waals surface area contributed by atoms with E-state index in [1.54, 1.807) is 0 Å². The molecule has 0 radical (unpaired) electrons. The van der Waals surface area contributed by atoms with Crippen LogP contribution in [0, 0.1) is 17.3 Å². The van der Waals surface area contributed by atoms with E-state index in [4.69, 9.17) is 9.47 Å². The average molecular weight is 343 g/mol. The smallest absolute Gasteiger partial charge is 0.323 e. The normalized spacial score (nSPS) is 11.8. The topological polar surface area (TPSA) is 52.6 Å². The molecular weight excluding hydrogens is 304 g/mol. The van der Waals surface area contributed by atoms with Crippen LogP contribution in [-0.2, 0) is 19.1 Å². The van der Waals surface area contributed by atoms with Gasteiger partial charge in [0.05, 0.1) is 13.2 Å². The van der Waals surface area contributed by atoms with Gasteiger partial charge in [-0.2, -0.15) is 0 Å². The maximum atomic E-state index is 12.8. The highest BCUT2D eigenvalue weighted by Gasteiger charge is 2.48. The van der Waals surface area contributed by atoms with Crippen LogP contribution in [0.15, 0.2) is 0 Å². The highest BCUT2D eigenvalue weighted by molar-refractivity contribution is 6.00. The zero-order chi connectivity index (χ0) is 18.6. The van der Waals surface area contributed by atoms with Gasteiger partial charge in [-0.1, -0.05) is 54.4 Å². The predicted octanol–water partition coefficient (Wildman–Crippen LogP) is 5.14. The van der Waals surface area contributed by atoms with Crippen molar-refractivity contribution in [2.45, 2.75) is 86.5 Å². The monoisotopic (exact) mass is 342 g/mol. The van der Waals surface area contributed by atoms with Crippen LogP contribution in [0.3, 0.4) is 0 Å². The van der Waals surface area contributed by atoms with E-state index in [0.29, 0.717) is 37.9 Å². The summed E-state index contributed by atoms with van der Waals surface area (Å²) in [6, 6.07) is 0. The van der Waals surface area contributed by atoms with Crippen LogP contribution in [0.2, 0.25) is 0 Å². The molecule has 0 rings (SSSR count). The van der Waals surface area contributed by atoms with Gasteiger partial charge in [0.15, 0.2) is 5.41 Å². The van der Waals surface area contributed by atoms with Crippen LogP contribution in [0.1, 0.15) is 86.5 Å². The largest absolute Gasteiger partial charge is 0.465 e. The number of carbonyl (C=O) groups excluding carboxylic acids is 2. The molecule has 0 saturated carbocycles. The fourth-order valence-electron chi connectivity index (χ4n) is 2.63. The molecule has 0 spiro atoms. The quantitative estimate of drug-likeness (QED) is 0.343. The van der Waals surface area contributed by atoms with Crippen LogP contribution in [0.4, 0.5) is 0 Å². The summed E-state index contributed by atoms with van der Waals surface area (Å²) in [5, 5.41) is 0. The van der Waals surface area contributed by atoms with Crippen LogP contribution >= 0.6 is 0 Å². The van der Waals surface area contributed by atoms with Crippen LogP contribution in [0.25, 0.3) is 0 Å². The Labute approximate surface area is 148 Å². The zero-order valence-corrected chi connectivity index (χ0v) is 16.7. The van der Waals surface area contributed by atoms with Gasteiger partial charge < -0.3 is 9.47 Å². The maximum Gasteiger partial charge on any atom is 0.323 e. The third-order valence-corrected chi connectivity index (χ3v) is 4.19. The molecule has 4 nitrogen and oxygen atoms in total. The van der Waals surface area contributed by atoms with E-state index in [1.165, 1.54) is 0 Å². The summed E-state index contributed by atoms with van der Waals surface area (Å²) in [5.41, 5.74) is -1.14. The lowest BCUT2D eigenvalue weighted by Crippen LogP contribution is -2.42. The van der Waals surface area contributed by atoms with Crippen molar-refractivity contribution in [3.63, 3.8) is 0 Å². The molecule has 0 aromatic carbocycles. The molecule has 0 fully saturated rings. The molecule has 0 amide bonds. The highest BCUT2D eigenvalue weighted by atomic mass is 16.6. The first-order chi connectivity index (χ1) is 11.3. The van der Waals surface area contributed by atoms with E-state index in [2.05, 4.69) is 27.7 Å². The molecule has 0 bridgehead atoms. The number of ether oxygens (including phenoxy) is 2. The van der Waals surface area contributed by atoms with Gasteiger partial charge in [0.2, 0.25) is 0 Å². The molecule has 142 valence electrons. The van der Waals surface area contributed by atoms with Gasteiger partial charge in [0.1, 0.15) is 0 Å². The molecule has 0 N–H and O–H groups in total. The molecule has 0 atom stereocenters. The van der Waals surface area contributed by atoms with E-state index >= 15 is 0 Å². The minimum absolute atomic E-state index is 0.355. The Kier molecular flexibility index (Phi) is 11.8. The van der Waals surface area contributed by atoms with Crippen molar-refractivity contribution < 1.29 is 19.1 Å². The summed E-state index contributed by atoms with van der Waals surface area (Å²) in [6.07, 6.45) is 5.16. The van der Waals surface area contributed by atoms with Gasteiger partial charge in [0, 0.05) is 0 Å². The minimum atomic E-state index is -1.14. The van der Waals surface area contributed by atoms with Crippen LogP contribution in [-0.4, -0.2) is 25.2 Å². The summed E-state index contributed by atoms with van der Waals surface area (Å²) >= 11 is 0. The van der Waals surface area contributed by atoms with E-state index in [1.807, 2.05) is 13.8 Å². The SMILES string of the molecule is CCCOC(=O)C(CCCC(C)C)(CCC(C)C)C(=O)OCCC. The number of carbonyl (C=O) groups is 2. The molecule has 0 aromatic heterocycles. The molecule has 0 aliphatic carbocycles. The molecule has 0 aliphatic heterocycles. The summed E-state index contributed by atoms with van der Waals surface area (Å²) in [7, 11) is 0. The third kappa shape index (κ3) is 8.16. The van der Waals surface area contributed by atoms with Crippen LogP contribution < -0.4 is 0 Å². The number of hydrogen-bond donors (Lipinski definition) is 0. The summed E-state index contributed by atoms with van der Waals surface area (Å²) in [6.45, 7) is 13.1. The highest BCUT2D eigenvalue weighted by Crippen LogP contribution is 2.36. The van der Waals surface area contributed by atoms with Crippen molar-refractivity contribution >= 4 is 11.9 Å². The Hall–Kier alpha value is -1.06. The minimum Gasteiger partial charge on any atom is -0.465 e. The molecular formula is C20H38O4. The first kappa shape index (κ1) is 22.9. The number of esters is 2. The van der Waals surface area contributed by atoms with Crippen molar-refractivity contribution in [2.24, 2.45) is 17.3 Å². The van der Waals surface area contributed by atoms with Gasteiger partial charge in [-0.25, -0.2) is 0 Å². The summed E-state index contributed by atoms with van der Waals surface area (Å²) < 4.78 is 10.8. The van der Waals surface area contributed by atoms with E-state index in [0.717, 1.165) is 32.1 Å². The van der Waals surface area contributed by atoms with E-state index in [-0.39, 0.29) is 0 Å². The molecule has 0 saturated heterocycles. The Balaban J connectivity index is 5.35. The van der Waals surface area contributed by atoms with Crippen molar-refractivity contribution in [3.05, 3.63) is 0 Å². The Bertz CT molecular complexity index is 341. The molecule has 4 heteroatoms. The van der Waals surface area contributed by atoms with Crippen molar-refractivity contribution in [2.75, 3.05) is 13.2 Å². The Morgan fingerprint density at radius 3 is 1.62 bits per heavy atom. The fraction of sp³-hybridized carbons (Fsp3) is 0.900. The molecule has 0 aliphatic rings. The number of hydrogen-bond acceptors (Lipinski definition) is 4. The Morgan fingerprint density at radius 1 is 0.792 bits per heavy atom. The lowest BCUT2D eigenvalue weighted by molar-refractivity contribution is -0.174. The molecule has 0 unspecified atom stereocenters. The lowest BCUT2D eigenvalue weighted by Gasteiger charge is -2.30. The van der Waals surface area contributed by atoms with E-state index < -0.39 is 17.4 Å². The summed E-state index contributed by atoms with van der Waals surface area (Å²) in [4.78, 5) is 25.6. The van der Waals surface area contributed by atoms with Gasteiger partial charge in [-0.15, -0.1) is 0 Å².